The van der Waals surface area contributed by atoms with E-state index >= 15 is 0 Å². The summed E-state index contributed by atoms with van der Waals surface area (Å²) in [6.07, 6.45) is 50.3. The Morgan fingerprint density at radius 3 is 0.517 bits per heavy atom. The first-order valence-corrected chi connectivity index (χ1v) is 25.4. The number of hydrogen-bond donors (Lipinski definition) is 8. The molecule has 10 heteroatoms. The minimum atomic E-state index is -0.954. The summed E-state index contributed by atoms with van der Waals surface area (Å²) in [5.41, 5.74) is 0. The number of aliphatic hydroxyl groups excluding tert-OH is 6. The van der Waals surface area contributed by atoms with Gasteiger partial charge in [-0.15, -0.1) is 0 Å². The van der Waals surface area contributed by atoms with Crippen molar-refractivity contribution in [1.29, 1.82) is 0 Å². The molecular weight excluding hydrogens is 761 g/mol. The molecule has 0 aliphatic heterocycles. The number of carboxylic acids is 2. The van der Waals surface area contributed by atoms with Crippen molar-refractivity contribution in [2.45, 2.75) is 283 Å². The van der Waals surface area contributed by atoms with Gasteiger partial charge in [-0.25, -0.2) is 0 Å². The number of aliphatic hydroxyl groups is 6. The van der Waals surface area contributed by atoms with Crippen LogP contribution in [0.25, 0.3) is 0 Å². The van der Waals surface area contributed by atoms with Crippen LogP contribution in [0.4, 0.5) is 0 Å². The van der Waals surface area contributed by atoms with Gasteiger partial charge in [0.2, 0.25) is 0 Å². The predicted molar refractivity (Wildman–Crippen MR) is 252 cm³/mol. The first-order chi connectivity index (χ1) is 29.2. The summed E-state index contributed by atoms with van der Waals surface area (Å²) < 4.78 is 0. The molecule has 0 saturated heterocycles. The van der Waals surface area contributed by atoms with Gasteiger partial charge in [0.15, 0.2) is 0 Å². The Hall–Kier alpha value is -1.30. The Kier molecular flexibility index (Phi) is 67.5. The van der Waals surface area contributed by atoms with Crippen molar-refractivity contribution < 1.29 is 50.4 Å². The Morgan fingerprint density at radius 2 is 0.417 bits per heavy atom. The molecule has 0 fully saturated rings. The zero-order chi connectivity index (χ0) is 45.4. The van der Waals surface area contributed by atoms with Crippen LogP contribution < -0.4 is 0 Å². The van der Waals surface area contributed by atoms with Gasteiger partial charge in [-0.1, -0.05) is 245 Å². The maximum Gasteiger partial charge on any atom is 0.303 e. The number of hydrogen-bond acceptors (Lipinski definition) is 8. The van der Waals surface area contributed by atoms with Gasteiger partial charge in [0.05, 0.1) is 26.4 Å². The van der Waals surface area contributed by atoms with E-state index < -0.39 is 24.1 Å². The lowest BCUT2D eigenvalue weighted by Crippen LogP contribution is -2.15. The maximum atomic E-state index is 10.4. The predicted octanol–water partition coefficient (Wildman–Crippen LogP) is 12.4. The van der Waals surface area contributed by atoms with Crippen molar-refractivity contribution in [3.05, 3.63) is 0 Å². The molecule has 0 amide bonds. The average molecular weight is 865 g/mol. The summed E-state index contributed by atoms with van der Waals surface area (Å²) in [5.74, 6) is -1.30. The highest BCUT2D eigenvalue weighted by molar-refractivity contribution is 5.66. The zero-order valence-corrected chi connectivity index (χ0v) is 39.7. The molecular formula is C50H104O10. The smallest absolute Gasteiger partial charge is 0.303 e. The van der Waals surface area contributed by atoms with E-state index in [4.69, 9.17) is 40.9 Å². The lowest BCUT2D eigenvalue weighted by molar-refractivity contribution is -0.138. The van der Waals surface area contributed by atoms with Gasteiger partial charge in [0, 0.05) is 12.8 Å². The normalized spacial score (nSPS) is 10.8. The summed E-state index contributed by atoms with van der Waals surface area (Å²) >= 11 is 0. The van der Waals surface area contributed by atoms with E-state index in [9.17, 15) is 9.59 Å². The van der Waals surface area contributed by atoms with Crippen LogP contribution in [0.3, 0.4) is 0 Å². The van der Waals surface area contributed by atoms with Crippen LogP contribution in [0.2, 0.25) is 0 Å². The van der Waals surface area contributed by atoms with Crippen LogP contribution in [-0.4, -0.2) is 91.4 Å². The molecule has 0 aliphatic rings. The summed E-state index contributed by atoms with van der Waals surface area (Å²) in [5, 5.41) is 65.1. The minimum Gasteiger partial charge on any atom is -0.481 e. The maximum absolute atomic E-state index is 10.4. The third kappa shape index (κ3) is 74.2. The van der Waals surface area contributed by atoms with E-state index in [0.29, 0.717) is 12.8 Å². The molecule has 0 spiro atoms. The molecule has 0 aliphatic carbocycles. The van der Waals surface area contributed by atoms with Gasteiger partial charge in [0.1, 0.15) is 12.2 Å². The molecule has 0 bridgehead atoms. The van der Waals surface area contributed by atoms with E-state index in [1.165, 1.54) is 218 Å². The molecule has 0 radical (unpaired) electrons. The lowest BCUT2D eigenvalue weighted by Gasteiger charge is -2.03. The molecule has 8 N–H and O–H groups in total. The van der Waals surface area contributed by atoms with Crippen molar-refractivity contribution in [3.63, 3.8) is 0 Å². The number of carbonyl (C=O) groups is 2. The van der Waals surface area contributed by atoms with Crippen LogP contribution in [-0.2, 0) is 9.59 Å². The fourth-order valence-electron chi connectivity index (χ4n) is 6.82. The molecule has 0 aromatic rings. The standard InChI is InChI=1S/2C22H44O2.2C3H8O3/c2*1-2-3-4-5-6-7-8-9-10-11-12-13-14-15-16-17-18-19-20-21-22(23)24;2*4-1-3(6)2-5/h2*2-21H2,1H3,(H,23,24);2*3-6H,1-2H2. The number of unbranched alkanes of at least 4 members (excludes halogenated alkanes) is 36. The highest BCUT2D eigenvalue weighted by Gasteiger charge is 2.00. The van der Waals surface area contributed by atoms with Crippen LogP contribution >= 0.6 is 0 Å². The van der Waals surface area contributed by atoms with Crippen LogP contribution in [0.1, 0.15) is 271 Å². The molecule has 0 aromatic carbocycles. The molecule has 0 saturated carbocycles. The summed E-state index contributed by atoms with van der Waals surface area (Å²) in [7, 11) is 0. The molecule has 10 nitrogen and oxygen atoms in total. The Balaban J connectivity index is -0.000000410. The zero-order valence-electron chi connectivity index (χ0n) is 39.7. The van der Waals surface area contributed by atoms with Gasteiger partial charge in [-0.3, -0.25) is 9.59 Å². The summed E-state index contributed by atoms with van der Waals surface area (Å²) in [4.78, 5) is 20.8. The molecule has 364 valence electrons. The topological polar surface area (TPSA) is 196 Å². The number of carboxylic acid groups (broad SMARTS) is 2. The Bertz CT molecular complexity index is 699. The van der Waals surface area contributed by atoms with Crippen molar-refractivity contribution in [1.82, 2.24) is 0 Å². The highest BCUT2D eigenvalue weighted by Crippen LogP contribution is 2.16. The summed E-state index contributed by atoms with van der Waals surface area (Å²) in [6, 6.07) is 0. The van der Waals surface area contributed by atoms with E-state index in [0.717, 1.165) is 25.7 Å². The Labute approximate surface area is 370 Å². The molecule has 60 heavy (non-hydrogen) atoms. The van der Waals surface area contributed by atoms with Crippen molar-refractivity contribution >= 4 is 11.9 Å². The van der Waals surface area contributed by atoms with Crippen LogP contribution in [0, 0.1) is 0 Å². The van der Waals surface area contributed by atoms with E-state index in [1.54, 1.807) is 0 Å². The summed E-state index contributed by atoms with van der Waals surface area (Å²) in [6.45, 7) is 3.11. The Morgan fingerprint density at radius 1 is 0.283 bits per heavy atom. The second-order valence-corrected chi connectivity index (χ2v) is 17.1. The largest absolute Gasteiger partial charge is 0.481 e. The number of rotatable bonds is 44. The number of aliphatic carboxylic acids is 2. The monoisotopic (exact) mass is 865 g/mol. The van der Waals surface area contributed by atoms with Gasteiger partial charge < -0.3 is 40.9 Å². The van der Waals surface area contributed by atoms with Gasteiger partial charge in [-0.05, 0) is 12.8 Å². The second kappa shape index (κ2) is 62.0. The van der Waals surface area contributed by atoms with E-state index in [1.807, 2.05) is 0 Å². The van der Waals surface area contributed by atoms with Crippen molar-refractivity contribution in [2.75, 3.05) is 26.4 Å². The van der Waals surface area contributed by atoms with Gasteiger partial charge in [-0.2, -0.15) is 0 Å². The SMILES string of the molecule is CCCCCCCCCCCCCCCCCCCCCC(=O)O.CCCCCCCCCCCCCCCCCCCCCC(=O)O.OCC(O)CO.OCC(O)CO. The second-order valence-electron chi connectivity index (χ2n) is 17.1. The molecule has 0 unspecified atom stereocenters. The van der Waals surface area contributed by atoms with Crippen LogP contribution in [0.5, 0.6) is 0 Å². The third-order valence-corrected chi connectivity index (χ3v) is 10.8. The van der Waals surface area contributed by atoms with Crippen molar-refractivity contribution in [2.24, 2.45) is 0 Å². The van der Waals surface area contributed by atoms with E-state index in [2.05, 4.69) is 13.8 Å². The minimum absolute atomic E-state index is 0.346. The fourth-order valence-corrected chi connectivity index (χ4v) is 6.82. The molecule has 0 atom stereocenters. The van der Waals surface area contributed by atoms with E-state index in [-0.39, 0.29) is 26.4 Å². The average Bonchev–Trinajstić information content (AvgIpc) is 3.25. The third-order valence-electron chi connectivity index (χ3n) is 10.8. The molecule has 0 heterocycles. The first kappa shape index (κ1) is 65.3. The van der Waals surface area contributed by atoms with Crippen molar-refractivity contribution in [3.8, 4) is 0 Å². The highest BCUT2D eigenvalue weighted by atomic mass is 16.4. The quantitative estimate of drug-likeness (QED) is 0.0273. The van der Waals surface area contributed by atoms with Crippen LogP contribution in [0.15, 0.2) is 0 Å². The molecule has 0 aromatic heterocycles. The fraction of sp³-hybridized carbons (Fsp3) is 0.960. The van der Waals surface area contributed by atoms with Gasteiger partial charge in [0.25, 0.3) is 0 Å². The first-order valence-electron chi connectivity index (χ1n) is 25.4. The molecule has 0 rings (SSSR count). The van der Waals surface area contributed by atoms with Gasteiger partial charge >= 0.3 is 11.9 Å². The lowest BCUT2D eigenvalue weighted by atomic mass is 10.0.